The number of nitrogens with zero attached hydrogens (tertiary/aromatic N) is 1. The van der Waals surface area contributed by atoms with E-state index in [4.69, 9.17) is 4.74 Å². The summed E-state index contributed by atoms with van der Waals surface area (Å²) in [6.07, 6.45) is 6.40. The molecule has 4 nitrogen and oxygen atoms in total. The number of ether oxygens (including phenoxy) is 1. The van der Waals surface area contributed by atoms with E-state index in [9.17, 15) is 4.79 Å². The number of carbonyl (C=O) groups excluding carboxylic acids is 1. The van der Waals surface area contributed by atoms with Crippen LogP contribution in [0.3, 0.4) is 0 Å². The second kappa shape index (κ2) is 7.95. The van der Waals surface area contributed by atoms with Crippen LogP contribution in [0.15, 0.2) is 48.7 Å². The van der Waals surface area contributed by atoms with Crippen molar-refractivity contribution >= 4 is 5.91 Å². The van der Waals surface area contributed by atoms with Crippen LogP contribution in [-0.4, -0.2) is 18.0 Å². The van der Waals surface area contributed by atoms with E-state index >= 15 is 0 Å². The minimum Gasteiger partial charge on any atom is -0.497 e. The third-order valence-corrected chi connectivity index (χ3v) is 4.78. The van der Waals surface area contributed by atoms with Crippen molar-refractivity contribution in [3.63, 3.8) is 0 Å². The normalized spacial score (nSPS) is 15.9. The van der Waals surface area contributed by atoms with E-state index in [2.05, 4.69) is 22.4 Å². The zero-order valence-electron chi connectivity index (χ0n) is 14.1. The van der Waals surface area contributed by atoms with Crippen molar-refractivity contribution < 1.29 is 9.53 Å². The van der Waals surface area contributed by atoms with Gasteiger partial charge in [-0.15, -0.1) is 0 Å². The van der Waals surface area contributed by atoms with Gasteiger partial charge in [0, 0.05) is 12.3 Å². The molecule has 0 radical (unpaired) electrons. The molecule has 1 aliphatic rings. The van der Waals surface area contributed by atoms with Gasteiger partial charge in [-0.05, 0) is 30.4 Å². The lowest BCUT2D eigenvalue weighted by Gasteiger charge is -2.23. The molecule has 4 heteroatoms. The van der Waals surface area contributed by atoms with Gasteiger partial charge in [0.25, 0.3) is 0 Å². The zero-order chi connectivity index (χ0) is 16.8. The van der Waals surface area contributed by atoms with Gasteiger partial charge < -0.3 is 10.1 Å². The molecule has 126 valence electrons. The van der Waals surface area contributed by atoms with Crippen molar-refractivity contribution in [2.45, 2.75) is 38.1 Å². The molecule has 0 aliphatic heterocycles. The fourth-order valence-electron chi connectivity index (χ4n) is 3.56. The number of rotatable bonds is 6. The summed E-state index contributed by atoms with van der Waals surface area (Å²) in [5.74, 6) is 1.22. The summed E-state index contributed by atoms with van der Waals surface area (Å²) >= 11 is 0. The number of nitrogens with one attached hydrogen (secondary N) is 1. The van der Waals surface area contributed by atoms with Gasteiger partial charge >= 0.3 is 0 Å². The van der Waals surface area contributed by atoms with Crippen molar-refractivity contribution in [1.82, 2.24) is 10.3 Å². The lowest BCUT2D eigenvalue weighted by atomic mass is 9.84. The summed E-state index contributed by atoms with van der Waals surface area (Å²) in [5.41, 5.74) is 1.92. The Hall–Kier alpha value is -2.36. The largest absolute Gasteiger partial charge is 0.497 e. The van der Waals surface area contributed by atoms with Crippen molar-refractivity contribution in [3.05, 3.63) is 59.9 Å². The average molecular weight is 324 g/mol. The second-order valence-corrected chi connectivity index (χ2v) is 6.34. The van der Waals surface area contributed by atoms with Gasteiger partial charge in [0.15, 0.2) is 0 Å². The van der Waals surface area contributed by atoms with Crippen LogP contribution in [0, 0.1) is 5.92 Å². The number of aromatic nitrogens is 1. The molecule has 1 atom stereocenters. The third-order valence-electron chi connectivity index (χ3n) is 4.78. The highest BCUT2D eigenvalue weighted by Crippen LogP contribution is 2.37. The van der Waals surface area contributed by atoms with E-state index < -0.39 is 0 Å². The molecule has 1 aliphatic carbocycles. The molecular formula is C20H24N2O2. The molecular weight excluding hydrogens is 300 g/mol. The molecule has 1 aromatic carbocycles. The summed E-state index contributed by atoms with van der Waals surface area (Å²) < 4.78 is 5.21. The molecule has 0 bridgehead atoms. The van der Waals surface area contributed by atoms with Crippen molar-refractivity contribution in [2.24, 2.45) is 5.92 Å². The fraction of sp³-hybridized carbons (Fsp3) is 0.400. The van der Waals surface area contributed by atoms with Gasteiger partial charge in [0.05, 0.1) is 25.3 Å². The Kier molecular flexibility index (Phi) is 5.47. The summed E-state index contributed by atoms with van der Waals surface area (Å²) in [6.45, 7) is 0.423. The number of amides is 1. The standard InChI is InChI=1S/C20H24N2O2/c1-24-18-11-12-21-17(13-18)14-22-20(23)19(16-9-5-6-10-16)15-7-3-2-4-8-15/h2-4,7-8,11-13,16,19H,5-6,9-10,14H2,1H3,(H,22,23)/t19-/m1/s1. The predicted molar refractivity (Wildman–Crippen MR) is 93.8 cm³/mol. The quantitative estimate of drug-likeness (QED) is 0.882. The maximum absolute atomic E-state index is 12.9. The molecule has 1 amide bonds. The first-order valence-electron chi connectivity index (χ1n) is 8.59. The van der Waals surface area contributed by atoms with Gasteiger partial charge in [-0.1, -0.05) is 43.2 Å². The molecule has 1 aromatic heterocycles. The van der Waals surface area contributed by atoms with Crippen LogP contribution in [0.2, 0.25) is 0 Å². The minimum atomic E-state index is -0.0701. The molecule has 0 spiro atoms. The Bertz CT molecular complexity index is 666. The number of benzene rings is 1. The van der Waals surface area contributed by atoms with Gasteiger partial charge in [0.1, 0.15) is 5.75 Å². The van der Waals surface area contributed by atoms with Crippen molar-refractivity contribution in [2.75, 3.05) is 7.11 Å². The Morgan fingerprint density at radius 3 is 2.71 bits per heavy atom. The maximum atomic E-state index is 12.9. The highest BCUT2D eigenvalue weighted by atomic mass is 16.5. The minimum absolute atomic E-state index is 0.0701. The molecule has 24 heavy (non-hydrogen) atoms. The highest BCUT2D eigenvalue weighted by Gasteiger charge is 2.31. The van der Waals surface area contributed by atoms with Gasteiger partial charge in [0.2, 0.25) is 5.91 Å². The zero-order valence-corrected chi connectivity index (χ0v) is 14.1. The summed E-state index contributed by atoms with van der Waals surface area (Å²) in [5, 5.41) is 3.07. The van der Waals surface area contributed by atoms with Crippen LogP contribution < -0.4 is 10.1 Å². The van der Waals surface area contributed by atoms with Crippen molar-refractivity contribution in [3.8, 4) is 5.75 Å². The number of hydrogen-bond acceptors (Lipinski definition) is 3. The van der Waals surface area contributed by atoms with Crippen LogP contribution in [0.1, 0.15) is 42.9 Å². The van der Waals surface area contributed by atoms with E-state index in [0.29, 0.717) is 12.5 Å². The van der Waals surface area contributed by atoms with E-state index in [1.807, 2.05) is 24.3 Å². The SMILES string of the molecule is COc1ccnc(CNC(=O)[C@H](c2ccccc2)C2CCCC2)c1. The highest BCUT2D eigenvalue weighted by molar-refractivity contribution is 5.84. The average Bonchev–Trinajstić information content (AvgIpc) is 3.15. The maximum Gasteiger partial charge on any atom is 0.228 e. The fourth-order valence-corrected chi connectivity index (χ4v) is 3.56. The van der Waals surface area contributed by atoms with Crippen LogP contribution in [0.25, 0.3) is 0 Å². The monoisotopic (exact) mass is 324 g/mol. The predicted octanol–water partition coefficient (Wildman–Crippen LogP) is 3.68. The van der Waals surface area contributed by atoms with Gasteiger partial charge in [-0.25, -0.2) is 0 Å². The van der Waals surface area contributed by atoms with E-state index in [1.54, 1.807) is 19.4 Å². The number of hydrogen-bond donors (Lipinski definition) is 1. The molecule has 0 unspecified atom stereocenters. The number of pyridine rings is 1. The molecule has 0 saturated heterocycles. The molecule has 2 aromatic rings. The summed E-state index contributed by atoms with van der Waals surface area (Å²) in [4.78, 5) is 17.2. The van der Waals surface area contributed by atoms with E-state index in [1.165, 1.54) is 12.8 Å². The van der Waals surface area contributed by atoms with Crippen LogP contribution in [-0.2, 0) is 11.3 Å². The number of carbonyl (C=O) groups is 1. The molecule has 1 saturated carbocycles. The molecule has 1 fully saturated rings. The third kappa shape index (κ3) is 3.94. The van der Waals surface area contributed by atoms with Crippen LogP contribution in [0.5, 0.6) is 5.75 Å². The Morgan fingerprint density at radius 2 is 2.00 bits per heavy atom. The van der Waals surface area contributed by atoms with Crippen molar-refractivity contribution in [1.29, 1.82) is 0 Å². The first-order chi connectivity index (χ1) is 11.8. The first kappa shape index (κ1) is 16.5. The second-order valence-electron chi connectivity index (χ2n) is 6.34. The smallest absolute Gasteiger partial charge is 0.228 e. The number of methoxy groups -OCH3 is 1. The summed E-state index contributed by atoms with van der Waals surface area (Å²) in [6, 6.07) is 13.8. The Balaban J connectivity index is 1.71. The molecule has 1 heterocycles. The van der Waals surface area contributed by atoms with Crippen LogP contribution >= 0.6 is 0 Å². The Labute approximate surface area is 143 Å². The van der Waals surface area contributed by atoms with Gasteiger partial charge in [-0.3, -0.25) is 9.78 Å². The lowest BCUT2D eigenvalue weighted by Crippen LogP contribution is -2.32. The van der Waals surface area contributed by atoms with E-state index in [-0.39, 0.29) is 11.8 Å². The topological polar surface area (TPSA) is 51.2 Å². The first-order valence-corrected chi connectivity index (χ1v) is 8.59. The lowest BCUT2D eigenvalue weighted by molar-refractivity contribution is -0.123. The Morgan fingerprint density at radius 1 is 1.25 bits per heavy atom. The molecule has 1 N–H and O–H groups in total. The van der Waals surface area contributed by atoms with Crippen LogP contribution in [0.4, 0.5) is 0 Å². The molecule has 3 rings (SSSR count). The summed E-state index contributed by atoms with van der Waals surface area (Å²) in [7, 11) is 1.63. The van der Waals surface area contributed by atoms with Gasteiger partial charge in [-0.2, -0.15) is 0 Å². The van der Waals surface area contributed by atoms with E-state index in [0.717, 1.165) is 29.8 Å².